The Morgan fingerprint density at radius 3 is 2.39 bits per heavy atom. The third-order valence-electron chi connectivity index (χ3n) is 3.60. The van der Waals surface area contributed by atoms with Gasteiger partial charge in [-0.1, -0.05) is 13.0 Å². The molecule has 2 amide bonds. The number of nitrogens with one attached hydrogen (secondary N) is 1. The lowest BCUT2D eigenvalue weighted by atomic mass is 10.0. The van der Waals surface area contributed by atoms with Crippen LogP contribution in [0.1, 0.15) is 25.3 Å². The summed E-state index contributed by atoms with van der Waals surface area (Å²) in [5, 5.41) is 2.66. The van der Waals surface area contributed by atoms with Gasteiger partial charge in [0.25, 0.3) is 0 Å². The van der Waals surface area contributed by atoms with Crippen LogP contribution in [0.2, 0.25) is 0 Å². The predicted molar refractivity (Wildman–Crippen MR) is 85.1 cm³/mol. The van der Waals surface area contributed by atoms with Gasteiger partial charge in [-0.25, -0.2) is 22.0 Å². The molecular weight excluding hydrogens is 326 g/mol. The van der Waals surface area contributed by atoms with Crippen LogP contribution < -0.4 is 5.32 Å². The number of carbonyl (C=O) groups is 1. The summed E-state index contributed by atoms with van der Waals surface area (Å²) in [6.07, 6.45) is 1.11. The quantitative estimate of drug-likeness (QED) is 0.856. The number of hydrogen-bond acceptors (Lipinski definition) is 3. The van der Waals surface area contributed by atoms with Crippen molar-refractivity contribution in [1.82, 2.24) is 10.2 Å². The summed E-state index contributed by atoms with van der Waals surface area (Å²) in [5.41, 5.74) is 0.566. The van der Waals surface area contributed by atoms with E-state index in [1.165, 1.54) is 18.0 Å². The average molecular weight is 348 g/mol. The fraction of sp³-hybridized carbons (Fsp3) is 0.533. The molecule has 1 aromatic rings. The van der Waals surface area contributed by atoms with E-state index in [0.29, 0.717) is 5.56 Å². The van der Waals surface area contributed by atoms with Gasteiger partial charge in [-0.15, -0.1) is 0 Å². The second-order valence-electron chi connectivity index (χ2n) is 5.81. The Labute approximate surface area is 135 Å². The lowest BCUT2D eigenvalue weighted by Gasteiger charge is -2.25. The van der Waals surface area contributed by atoms with Crippen molar-refractivity contribution < 1.29 is 22.0 Å². The van der Waals surface area contributed by atoms with Crippen molar-refractivity contribution in [3.05, 3.63) is 35.4 Å². The number of halogens is 2. The Bertz CT molecular complexity index is 665. The van der Waals surface area contributed by atoms with Crippen LogP contribution in [-0.2, 0) is 9.84 Å². The molecule has 0 aliphatic rings. The van der Waals surface area contributed by atoms with Crippen molar-refractivity contribution in [2.75, 3.05) is 25.6 Å². The van der Waals surface area contributed by atoms with Gasteiger partial charge in [0.15, 0.2) is 11.6 Å². The van der Waals surface area contributed by atoms with Crippen molar-refractivity contribution in [2.45, 2.75) is 25.8 Å². The van der Waals surface area contributed by atoms with E-state index >= 15 is 0 Å². The van der Waals surface area contributed by atoms with Crippen molar-refractivity contribution in [1.29, 1.82) is 0 Å². The van der Waals surface area contributed by atoms with E-state index in [1.54, 1.807) is 13.8 Å². The van der Waals surface area contributed by atoms with Gasteiger partial charge < -0.3 is 10.2 Å². The highest BCUT2D eigenvalue weighted by atomic mass is 32.2. The summed E-state index contributed by atoms with van der Waals surface area (Å²) in [6, 6.07) is 2.72. The lowest BCUT2D eigenvalue weighted by molar-refractivity contribution is 0.197. The molecule has 2 atom stereocenters. The SMILES string of the molecule is C[C@H](CNC(=O)N(C)[C@H](C)CS(C)(=O)=O)c1ccc(F)c(F)c1. The minimum atomic E-state index is -3.18. The number of sulfone groups is 1. The van der Waals surface area contributed by atoms with E-state index in [-0.39, 0.29) is 18.2 Å². The number of carbonyl (C=O) groups excluding carboxylic acids is 1. The molecule has 0 heterocycles. The van der Waals surface area contributed by atoms with Crippen molar-refractivity contribution >= 4 is 15.9 Å². The highest BCUT2D eigenvalue weighted by molar-refractivity contribution is 7.90. The molecule has 0 bridgehead atoms. The minimum Gasteiger partial charge on any atom is -0.337 e. The highest BCUT2D eigenvalue weighted by Crippen LogP contribution is 2.17. The molecule has 0 fully saturated rings. The van der Waals surface area contributed by atoms with Gasteiger partial charge in [0.05, 0.1) is 5.75 Å². The summed E-state index contributed by atoms with van der Waals surface area (Å²) in [4.78, 5) is 13.3. The maximum absolute atomic E-state index is 13.2. The first-order valence-corrected chi connectivity index (χ1v) is 9.20. The van der Waals surface area contributed by atoms with Crippen LogP contribution in [0.5, 0.6) is 0 Å². The van der Waals surface area contributed by atoms with Gasteiger partial charge in [0.2, 0.25) is 0 Å². The lowest BCUT2D eigenvalue weighted by Crippen LogP contribution is -2.45. The van der Waals surface area contributed by atoms with Crippen LogP contribution in [0.4, 0.5) is 13.6 Å². The predicted octanol–water partition coefficient (Wildman–Crippen LogP) is 2.14. The van der Waals surface area contributed by atoms with Gasteiger partial charge in [0.1, 0.15) is 9.84 Å². The van der Waals surface area contributed by atoms with Crippen LogP contribution in [-0.4, -0.2) is 51.0 Å². The maximum Gasteiger partial charge on any atom is 0.317 e. The molecule has 8 heteroatoms. The summed E-state index contributed by atoms with van der Waals surface area (Å²) < 4.78 is 48.6. The molecule has 0 radical (unpaired) electrons. The first kappa shape index (κ1) is 19.3. The van der Waals surface area contributed by atoms with Crippen LogP contribution in [0.25, 0.3) is 0 Å². The molecular formula is C15H22F2N2O3S. The zero-order chi connectivity index (χ0) is 17.8. The van der Waals surface area contributed by atoms with E-state index in [0.717, 1.165) is 18.4 Å². The molecule has 0 spiro atoms. The summed E-state index contributed by atoms with van der Waals surface area (Å²) in [7, 11) is -1.68. The Morgan fingerprint density at radius 2 is 1.87 bits per heavy atom. The normalized spacial score (nSPS) is 14.2. The average Bonchev–Trinajstić information content (AvgIpc) is 2.44. The number of rotatable bonds is 6. The van der Waals surface area contributed by atoms with Gasteiger partial charge in [-0.3, -0.25) is 0 Å². The Morgan fingerprint density at radius 1 is 1.26 bits per heavy atom. The number of hydrogen-bond donors (Lipinski definition) is 1. The van der Waals surface area contributed by atoms with Crippen LogP contribution in [0.15, 0.2) is 18.2 Å². The molecule has 0 saturated heterocycles. The van der Waals surface area contributed by atoms with Crippen LogP contribution in [0.3, 0.4) is 0 Å². The molecule has 130 valence electrons. The van der Waals surface area contributed by atoms with Gasteiger partial charge in [0, 0.05) is 25.9 Å². The van der Waals surface area contributed by atoms with E-state index < -0.39 is 33.5 Å². The number of urea groups is 1. The molecule has 23 heavy (non-hydrogen) atoms. The van der Waals surface area contributed by atoms with Crippen LogP contribution in [0, 0.1) is 11.6 Å². The molecule has 0 unspecified atom stereocenters. The minimum absolute atomic E-state index is 0.129. The summed E-state index contributed by atoms with van der Waals surface area (Å²) in [6.45, 7) is 3.63. The topological polar surface area (TPSA) is 66.5 Å². The second-order valence-corrected chi connectivity index (χ2v) is 8.00. The van der Waals surface area contributed by atoms with Gasteiger partial charge >= 0.3 is 6.03 Å². The van der Waals surface area contributed by atoms with Crippen molar-refractivity contribution in [3.8, 4) is 0 Å². The zero-order valence-electron chi connectivity index (χ0n) is 13.6. The third-order valence-corrected chi connectivity index (χ3v) is 4.69. The molecule has 0 aliphatic carbocycles. The molecule has 0 aliphatic heterocycles. The molecule has 1 rings (SSSR count). The summed E-state index contributed by atoms with van der Waals surface area (Å²) >= 11 is 0. The van der Waals surface area contributed by atoms with Crippen LogP contribution >= 0.6 is 0 Å². The number of benzene rings is 1. The Kier molecular flexibility index (Phi) is 6.49. The van der Waals surface area contributed by atoms with Crippen molar-refractivity contribution in [2.24, 2.45) is 0 Å². The smallest absolute Gasteiger partial charge is 0.317 e. The van der Waals surface area contributed by atoms with Gasteiger partial charge in [-0.2, -0.15) is 0 Å². The van der Waals surface area contributed by atoms with E-state index in [9.17, 15) is 22.0 Å². The fourth-order valence-electron chi connectivity index (χ4n) is 2.05. The zero-order valence-corrected chi connectivity index (χ0v) is 14.5. The largest absolute Gasteiger partial charge is 0.337 e. The molecule has 0 saturated carbocycles. The van der Waals surface area contributed by atoms with Gasteiger partial charge in [-0.05, 0) is 30.5 Å². The number of nitrogens with zero attached hydrogens (tertiary/aromatic N) is 1. The molecule has 5 nitrogen and oxygen atoms in total. The molecule has 1 aromatic carbocycles. The summed E-state index contributed by atoms with van der Waals surface area (Å²) in [5.74, 6) is -2.19. The molecule has 0 aromatic heterocycles. The Balaban J connectivity index is 2.59. The number of amides is 2. The van der Waals surface area contributed by atoms with Crippen molar-refractivity contribution in [3.63, 3.8) is 0 Å². The Hall–Kier alpha value is -1.70. The van der Waals surface area contributed by atoms with E-state index in [1.807, 2.05) is 0 Å². The third kappa shape index (κ3) is 6.13. The van der Waals surface area contributed by atoms with E-state index in [4.69, 9.17) is 0 Å². The first-order valence-electron chi connectivity index (χ1n) is 7.14. The maximum atomic E-state index is 13.2. The van der Waals surface area contributed by atoms with E-state index in [2.05, 4.69) is 5.32 Å². The standard InChI is InChI=1S/C15H22F2N2O3S/c1-10(12-5-6-13(16)14(17)7-12)8-18-15(20)19(3)11(2)9-23(4,21)22/h5-7,10-11H,8-9H2,1-4H3,(H,18,20)/t10-,11-/m1/s1. The monoisotopic (exact) mass is 348 g/mol. The second kappa shape index (κ2) is 7.72. The highest BCUT2D eigenvalue weighted by Gasteiger charge is 2.20. The fourth-order valence-corrected chi connectivity index (χ4v) is 3.15. The first-order chi connectivity index (χ1) is 10.5. The molecule has 1 N–H and O–H groups in total.